The quantitative estimate of drug-likeness (QED) is 0.223. The highest BCUT2D eigenvalue weighted by atomic mass is 35.5. The molecular formula is C24H20ClN5O2S. The molecule has 4 rings (SSSR count). The second-order valence-electron chi connectivity index (χ2n) is 6.84. The summed E-state index contributed by atoms with van der Waals surface area (Å²) in [7, 11) is 1.60. The lowest BCUT2D eigenvalue weighted by molar-refractivity contribution is -0.118. The summed E-state index contributed by atoms with van der Waals surface area (Å²) in [6.07, 6.45) is 1.57. The predicted molar refractivity (Wildman–Crippen MR) is 131 cm³/mol. The summed E-state index contributed by atoms with van der Waals surface area (Å²) < 4.78 is 7.10. The Hall–Kier alpha value is -3.62. The van der Waals surface area contributed by atoms with Gasteiger partial charge in [-0.2, -0.15) is 5.10 Å². The van der Waals surface area contributed by atoms with Crippen LogP contribution >= 0.6 is 23.4 Å². The van der Waals surface area contributed by atoms with E-state index in [-0.39, 0.29) is 11.7 Å². The number of thioether (sulfide) groups is 1. The zero-order valence-electron chi connectivity index (χ0n) is 17.7. The number of ether oxygens (including phenoxy) is 1. The van der Waals surface area contributed by atoms with E-state index >= 15 is 0 Å². The Morgan fingerprint density at radius 3 is 2.64 bits per heavy atom. The van der Waals surface area contributed by atoms with Crippen LogP contribution in [0.25, 0.3) is 17.1 Å². The van der Waals surface area contributed by atoms with E-state index in [2.05, 4.69) is 20.7 Å². The molecule has 166 valence electrons. The molecule has 4 aromatic rings. The number of nitrogens with one attached hydrogen (secondary N) is 1. The summed E-state index contributed by atoms with van der Waals surface area (Å²) >= 11 is 7.31. The fourth-order valence-corrected chi connectivity index (χ4v) is 3.89. The van der Waals surface area contributed by atoms with Crippen molar-refractivity contribution in [3.05, 3.63) is 89.4 Å². The number of carbonyl (C=O) groups is 1. The summed E-state index contributed by atoms with van der Waals surface area (Å²) in [6.45, 7) is 0. The first-order valence-corrected chi connectivity index (χ1v) is 11.4. The average Bonchev–Trinajstić information content (AvgIpc) is 3.28. The van der Waals surface area contributed by atoms with E-state index in [1.165, 1.54) is 11.8 Å². The van der Waals surface area contributed by atoms with Gasteiger partial charge in [0.1, 0.15) is 5.75 Å². The molecule has 9 heteroatoms. The molecule has 0 aliphatic heterocycles. The van der Waals surface area contributed by atoms with Gasteiger partial charge in [0.05, 0.1) is 19.1 Å². The number of halogens is 1. The number of amides is 1. The number of carbonyl (C=O) groups excluding carboxylic acids is 1. The second-order valence-corrected chi connectivity index (χ2v) is 8.22. The van der Waals surface area contributed by atoms with Gasteiger partial charge >= 0.3 is 0 Å². The molecule has 1 heterocycles. The normalized spacial score (nSPS) is 11.0. The molecule has 0 aliphatic rings. The minimum Gasteiger partial charge on any atom is -0.497 e. The lowest BCUT2D eigenvalue weighted by Crippen LogP contribution is -2.20. The maximum absolute atomic E-state index is 12.3. The number of nitrogens with zero attached hydrogens (tertiary/aromatic N) is 4. The van der Waals surface area contributed by atoms with Gasteiger partial charge in [0.15, 0.2) is 11.0 Å². The molecule has 33 heavy (non-hydrogen) atoms. The lowest BCUT2D eigenvalue weighted by Gasteiger charge is -2.10. The van der Waals surface area contributed by atoms with E-state index in [1.807, 2.05) is 83.4 Å². The third-order valence-corrected chi connectivity index (χ3v) is 5.76. The van der Waals surface area contributed by atoms with Gasteiger partial charge < -0.3 is 4.74 Å². The molecule has 1 amide bonds. The number of aromatic nitrogens is 3. The maximum Gasteiger partial charge on any atom is 0.250 e. The third-order valence-electron chi connectivity index (χ3n) is 4.58. The van der Waals surface area contributed by atoms with Gasteiger partial charge in [0, 0.05) is 16.3 Å². The molecule has 0 atom stereocenters. The molecule has 0 fully saturated rings. The van der Waals surface area contributed by atoms with Gasteiger partial charge in [0.25, 0.3) is 5.91 Å². The van der Waals surface area contributed by atoms with E-state index in [0.29, 0.717) is 16.0 Å². The van der Waals surface area contributed by atoms with E-state index in [4.69, 9.17) is 16.3 Å². The first-order chi connectivity index (χ1) is 16.1. The summed E-state index contributed by atoms with van der Waals surface area (Å²) in [5.41, 5.74) is 5.12. The first kappa shape index (κ1) is 22.6. The smallest absolute Gasteiger partial charge is 0.250 e. The van der Waals surface area contributed by atoms with E-state index in [1.54, 1.807) is 13.3 Å². The Bertz CT molecular complexity index is 1260. The molecule has 0 bridgehead atoms. The van der Waals surface area contributed by atoms with Crippen molar-refractivity contribution in [2.24, 2.45) is 5.10 Å². The lowest BCUT2D eigenvalue weighted by atomic mass is 10.2. The van der Waals surface area contributed by atoms with Gasteiger partial charge in [-0.15, -0.1) is 10.2 Å². The fraction of sp³-hybridized carbons (Fsp3) is 0.0833. The second kappa shape index (κ2) is 10.8. The number of hydrogen-bond donors (Lipinski definition) is 1. The Morgan fingerprint density at radius 2 is 1.88 bits per heavy atom. The molecule has 0 spiro atoms. The Morgan fingerprint density at radius 1 is 1.09 bits per heavy atom. The summed E-state index contributed by atoms with van der Waals surface area (Å²) in [4.78, 5) is 12.3. The number of hydrogen-bond acceptors (Lipinski definition) is 6. The fourth-order valence-electron chi connectivity index (χ4n) is 3.02. The van der Waals surface area contributed by atoms with Crippen molar-refractivity contribution in [3.8, 4) is 22.8 Å². The maximum atomic E-state index is 12.3. The topological polar surface area (TPSA) is 81.4 Å². The van der Waals surface area contributed by atoms with Crippen molar-refractivity contribution in [1.29, 1.82) is 0 Å². The van der Waals surface area contributed by atoms with Gasteiger partial charge in [-0.05, 0) is 54.1 Å². The minimum absolute atomic E-state index is 0.126. The zero-order chi connectivity index (χ0) is 23.0. The van der Waals surface area contributed by atoms with Crippen LogP contribution in [0.1, 0.15) is 5.56 Å². The number of methoxy groups -OCH3 is 1. The van der Waals surface area contributed by atoms with Crippen LogP contribution in [-0.2, 0) is 4.79 Å². The monoisotopic (exact) mass is 477 g/mol. The van der Waals surface area contributed by atoms with Gasteiger partial charge in [-0.3, -0.25) is 9.36 Å². The molecule has 0 saturated heterocycles. The van der Waals surface area contributed by atoms with Crippen LogP contribution in [0.3, 0.4) is 0 Å². The largest absolute Gasteiger partial charge is 0.497 e. The predicted octanol–water partition coefficient (Wildman–Crippen LogP) is 4.84. The highest BCUT2D eigenvalue weighted by Gasteiger charge is 2.17. The van der Waals surface area contributed by atoms with Crippen LogP contribution in [-0.4, -0.2) is 39.7 Å². The Labute approximate surface area is 200 Å². The van der Waals surface area contributed by atoms with Gasteiger partial charge in [-0.25, -0.2) is 5.43 Å². The van der Waals surface area contributed by atoms with E-state index < -0.39 is 0 Å². The number of para-hydroxylation sites is 1. The molecule has 1 aromatic heterocycles. The number of hydrazone groups is 1. The van der Waals surface area contributed by atoms with Crippen molar-refractivity contribution in [1.82, 2.24) is 20.2 Å². The van der Waals surface area contributed by atoms with Crippen LogP contribution in [0.4, 0.5) is 0 Å². The molecule has 3 aromatic carbocycles. The SMILES string of the molecule is COc1cccc(/C=N/NC(=O)CSc2nnc(-c3ccc(Cl)cc3)n2-c2ccccc2)c1. The van der Waals surface area contributed by atoms with Crippen molar-refractivity contribution in [2.75, 3.05) is 12.9 Å². The van der Waals surface area contributed by atoms with E-state index in [9.17, 15) is 4.79 Å². The molecule has 0 radical (unpaired) electrons. The van der Waals surface area contributed by atoms with Crippen molar-refractivity contribution in [3.63, 3.8) is 0 Å². The minimum atomic E-state index is -0.255. The van der Waals surface area contributed by atoms with E-state index in [0.717, 1.165) is 22.6 Å². The third kappa shape index (κ3) is 5.79. The van der Waals surface area contributed by atoms with Crippen LogP contribution in [0.2, 0.25) is 5.02 Å². The van der Waals surface area contributed by atoms with Crippen LogP contribution in [0, 0.1) is 0 Å². The van der Waals surface area contributed by atoms with Crippen LogP contribution in [0.5, 0.6) is 5.75 Å². The van der Waals surface area contributed by atoms with Crippen molar-refractivity contribution >= 4 is 35.5 Å². The zero-order valence-corrected chi connectivity index (χ0v) is 19.3. The van der Waals surface area contributed by atoms with Crippen LogP contribution < -0.4 is 10.2 Å². The molecule has 1 N–H and O–H groups in total. The highest BCUT2D eigenvalue weighted by molar-refractivity contribution is 7.99. The number of benzene rings is 3. The highest BCUT2D eigenvalue weighted by Crippen LogP contribution is 2.28. The molecule has 7 nitrogen and oxygen atoms in total. The molecule has 0 aliphatic carbocycles. The standard InChI is InChI=1S/C24H20ClN5O2S/c1-32-21-9-5-6-17(14-21)15-26-27-22(31)16-33-24-29-28-23(18-10-12-19(25)13-11-18)30(24)20-7-3-2-4-8-20/h2-15H,16H2,1H3,(H,27,31)/b26-15+. The Kier molecular flexibility index (Phi) is 7.39. The molecular weight excluding hydrogens is 458 g/mol. The summed E-state index contributed by atoms with van der Waals surface area (Å²) in [5.74, 6) is 1.25. The molecule has 0 saturated carbocycles. The van der Waals surface area contributed by atoms with Gasteiger partial charge in [-0.1, -0.05) is 53.7 Å². The summed E-state index contributed by atoms with van der Waals surface area (Å²) in [5, 5.41) is 13.9. The Balaban J connectivity index is 1.48. The van der Waals surface area contributed by atoms with Crippen LogP contribution in [0.15, 0.2) is 89.1 Å². The first-order valence-electron chi connectivity index (χ1n) is 9.99. The number of rotatable bonds is 8. The van der Waals surface area contributed by atoms with Crippen molar-refractivity contribution < 1.29 is 9.53 Å². The molecule has 0 unspecified atom stereocenters. The average molecular weight is 478 g/mol. The summed E-state index contributed by atoms with van der Waals surface area (Å²) in [6, 6.07) is 24.5. The van der Waals surface area contributed by atoms with Crippen molar-refractivity contribution in [2.45, 2.75) is 5.16 Å². The van der Waals surface area contributed by atoms with Gasteiger partial charge in [0.2, 0.25) is 0 Å².